The molecular weight excluding hydrogens is 608 g/mol. The van der Waals surface area contributed by atoms with Gasteiger partial charge in [0.25, 0.3) is 0 Å². The van der Waals surface area contributed by atoms with Gasteiger partial charge >= 0.3 is 24.2 Å². The molecular formula is C36H23F6NO3. The van der Waals surface area contributed by atoms with Crippen LogP contribution in [0.5, 0.6) is 11.5 Å². The molecule has 4 aromatic rings. The number of nitriles is 1. The number of carbonyl (C=O) groups excluding carboxylic acids is 1. The Morgan fingerprint density at radius 1 is 0.609 bits per heavy atom. The summed E-state index contributed by atoms with van der Waals surface area (Å²) in [5, 5.41) is 8.90. The highest BCUT2D eigenvalue weighted by atomic mass is 19.3. The summed E-state index contributed by atoms with van der Waals surface area (Å²) >= 11 is 0. The van der Waals surface area contributed by atoms with Crippen LogP contribution in [0.3, 0.4) is 0 Å². The lowest BCUT2D eigenvalue weighted by atomic mass is 9.71. The zero-order chi connectivity index (χ0) is 33.3. The van der Waals surface area contributed by atoms with Gasteiger partial charge in [-0.25, -0.2) is 0 Å². The van der Waals surface area contributed by atoms with Crippen molar-refractivity contribution in [1.29, 1.82) is 5.26 Å². The second kappa shape index (κ2) is 14.8. The van der Waals surface area contributed by atoms with Gasteiger partial charge in [-0.1, -0.05) is 72.8 Å². The topological polar surface area (TPSA) is 59.3 Å². The molecule has 0 amide bonds. The fourth-order valence-corrected chi connectivity index (χ4v) is 4.51. The van der Waals surface area contributed by atoms with E-state index in [0.717, 1.165) is 11.1 Å². The van der Waals surface area contributed by atoms with Crippen molar-refractivity contribution in [3.05, 3.63) is 167 Å². The maximum Gasteiger partial charge on any atom is 0.344 e. The van der Waals surface area contributed by atoms with E-state index in [0.29, 0.717) is 22.3 Å². The number of ether oxygens (including phenoxy) is 2. The summed E-state index contributed by atoms with van der Waals surface area (Å²) in [4.78, 5) is 12.4. The van der Waals surface area contributed by atoms with Gasteiger partial charge in [0.2, 0.25) is 0 Å². The molecule has 0 N–H and O–H groups in total. The molecule has 4 aromatic carbocycles. The number of allylic oxidation sites excluding steroid dienone is 2. The van der Waals surface area contributed by atoms with Crippen LogP contribution >= 0.6 is 0 Å². The maximum absolute atomic E-state index is 13.3. The summed E-state index contributed by atoms with van der Waals surface area (Å²) in [6, 6.07) is 23.3. The minimum absolute atomic E-state index is 0.172. The molecule has 0 aliphatic carbocycles. The van der Waals surface area contributed by atoms with Crippen LogP contribution in [0, 0.1) is 11.3 Å². The Kier molecular flexibility index (Phi) is 10.6. The minimum Gasteiger partial charge on any atom is -0.428 e. The third-order valence-electron chi connectivity index (χ3n) is 6.98. The molecule has 0 heterocycles. The lowest BCUT2D eigenvalue weighted by Gasteiger charge is -2.32. The minimum atomic E-state index is -2.60. The van der Waals surface area contributed by atoms with E-state index < -0.39 is 29.6 Å². The van der Waals surface area contributed by atoms with Gasteiger partial charge in [0.05, 0.1) is 11.6 Å². The highest BCUT2D eigenvalue weighted by molar-refractivity contribution is 6.04. The Morgan fingerprint density at radius 3 is 1.30 bits per heavy atom. The van der Waals surface area contributed by atoms with Crippen molar-refractivity contribution in [3.8, 4) is 17.6 Å². The molecule has 0 aliphatic heterocycles. The highest BCUT2D eigenvalue weighted by Crippen LogP contribution is 2.40. The van der Waals surface area contributed by atoms with Gasteiger partial charge in [0, 0.05) is 5.41 Å². The fourth-order valence-electron chi connectivity index (χ4n) is 4.51. The fraction of sp³-hybridized carbons (Fsp3) is 0.0556. The number of hydrogen-bond acceptors (Lipinski definition) is 4. The largest absolute Gasteiger partial charge is 0.428 e. The molecule has 0 atom stereocenters. The molecule has 4 nitrogen and oxygen atoms in total. The molecule has 0 unspecified atom stereocenters. The summed E-state index contributed by atoms with van der Waals surface area (Å²) in [7, 11) is 0. The van der Waals surface area contributed by atoms with Crippen LogP contribution in [-0.2, 0) is 10.2 Å². The Morgan fingerprint density at radius 2 is 0.957 bits per heavy atom. The second-order valence-corrected chi connectivity index (χ2v) is 9.87. The van der Waals surface area contributed by atoms with Gasteiger partial charge in [-0.3, -0.25) is 4.79 Å². The normalized spacial score (nSPS) is 11.3. The Hall–Kier alpha value is -5.82. The molecule has 232 valence electrons. The van der Waals surface area contributed by atoms with Crippen LogP contribution in [0.25, 0.3) is 12.2 Å². The van der Waals surface area contributed by atoms with Crippen LogP contribution in [0.2, 0.25) is 0 Å². The van der Waals surface area contributed by atoms with Gasteiger partial charge in [-0.15, -0.1) is 0 Å². The number of halogens is 6. The van der Waals surface area contributed by atoms with Crippen molar-refractivity contribution in [2.75, 3.05) is 0 Å². The van der Waals surface area contributed by atoms with E-state index >= 15 is 0 Å². The molecule has 4 rings (SSSR count). The third-order valence-corrected chi connectivity index (χ3v) is 6.98. The van der Waals surface area contributed by atoms with Gasteiger partial charge in [-0.2, -0.15) is 31.6 Å². The van der Waals surface area contributed by atoms with Crippen molar-refractivity contribution >= 4 is 17.9 Å². The second-order valence-electron chi connectivity index (χ2n) is 9.87. The van der Waals surface area contributed by atoms with Gasteiger partial charge < -0.3 is 9.47 Å². The van der Waals surface area contributed by atoms with E-state index in [9.17, 15) is 31.1 Å². The van der Waals surface area contributed by atoms with Crippen molar-refractivity contribution in [1.82, 2.24) is 0 Å². The summed E-state index contributed by atoms with van der Waals surface area (Å²) in [5.41, 5.74) is 2.97. The maximum atomic E-state index is 13.3. The summed E-state index contributed by atoms with van der Waals surface area (Å²) in [6.07, 6.45) is 0.849. The molecule has 0 radical (unpaired) electrons. The van der Waals surface area contributed by atoms with Crippen LogP contribution in [-0.4, -0.2) is 5.78 Å². The number of carbonyl (C=O) groups is 1. The molecule has 0 bridgehead atoms. The molecule has 0 saturated carbocycles. The first-order valence-corrected chi connectivity index (χ1v) is 13.5. The first kappa shape index (κ1) is 33.1. The molecule has 46 heavy (non-hydrogen) atoms. The first-order chi connectivity index (χ1) is 22.0. The van der Waals surface area contributed by atoms with E-state index in [-0.39, 0.29) is 17.3 Å². The molecule has 0 aromatic heterocycles. The SMILES string of the molecule is CC(c1ccc(C=CC(=O)C=Cc2ccc(C#N)cc2)cc1)(c1ccc(OC(F)=C(F)F)cc1)c1ccc(OC(F)=C(F)F)cc1. The van der Waals surface area contributed by atoms with Crippen molar-refractivity contribution in [2.24, 2.45) is 0 Å². The average Bonchev–Trinajstić information content (AvgIpc) is 3.07. The lowest BCUT2D eigenvalue weighted by molar-refractivity contribution is -0.110. The molecule has 0 spiro atoms. The van der Waals surface area contributed by atoms with E-state index in [1.807, 2.05) is 13.0 Å². The summed E-state index contributed by atoms with van der Waals surface area (Å²) < 4.78 is 85.8. The van der Waals surface area contributed by atoms with E-state index in [4.69, 9.17) is 5.26 Å². The van der Waals surface area contributed by atoms with Gasteiger partial charge in [0.1, 0.15) is 11.5 Å². The summed E-state index contributed by atoms with van der Waals surface area (Å²) in [6.45, 7) is 1.84. The van der Waals surface area contributed by atoms with Crippen molar-refractivity contribution < 1.29 is 40.6 Å². The van der Waals surface area contributed by atoms with Gasteiger partial charge in [-0.05, 0) is 83.3 Å². The lowest BCUT2D eigenvalue weighted by Crippen LogP contribution is -2.25. The van der Waals surface area contributed by atoms with E-state index in [1.165, 1.54) is 36.4 Å². The predicted octanol–water partition coefficient (Wildman–Crippen LogP) is 10.0. The average molecular weight is 632 g/mol. The number of rotatable bonds is 11. The summed E-state index contributed by atoms with van der Waals surface area (Å²) in [5.74, 6) is -0.608. The van der Waals surface area contributed by atoms with E-state index in [2.05, 4.69) is 9.47 Å². The zero-order valence-corrected chi connectivity index (χ0v) is 24.0. The molecule has 0 fully saturated rings. The monoisotopic (exact) mass is 631 g/mol. The standard InChI is InChI=1S/C36H23F6NO3/c1-36(27-12-18-30(19-13-27)45-34(41)32(37)38,28-14-20-31(21-15-28)46-35(42)33(39)40)26-10-6-24(7-11-26)9-17-29(44)16-8-23-2-4-25(22-43)5-3-23/h2-21H,1H3. The van der Waals surface area contributed by atoms with Gasteiger partial charge in [0.15, 0.2) is 5.78 Å². The number of nitrogens with zero attached hydrogens (tertiary/aromatic N) is 1. The number of ketones is 1. The number of benzene rings is 4. The molecule has 0 aliphatic rings. The van der Waals surface area contributed by atoms with Crippen LogP contribution in [0.4, 0.5) is 26.3 Å². The predicted molar refractivity (Wildman–Crippen MR) is 161 cm³/mol. The quantitative estimate of drug-likeness (QED) is 0.0716. The molecule has 0 saturated heterocycles. The third kappa shape index (κ3) is 8.21. The smallest absolute Gasteiger partial charge is 0.344 e. The Labute approximate surface area is 260 Å². The highest BCUT2D eigenvalue weighted by Gasteiger charge is 2.31. The zero-order valence-electron chi connectivity index (χ0n) is 24.0. The van der Waals surface area contributed by atoms with Crippen molar-refractivity contribution in [3.63, 3.8) is 0 Å². The first-order valence-electron chi connectivity index (χ1n) is 13.5. The Balaban J connectivity index is 1.62. The number of hydrogen-bond donors (Lipinski definition) is 0. The van der Waals surface area contributed by atoms with Crippen LogP contribution < -0.4 is 9.47 Å². The van der Waals surface area contributed by atoms with Crippen molar-refractivity contribution in [2.45, 2.75) is 12.3 Å². The van der Waals surface area contributed by atoms with Crippen LogP contribution in [0.15, 0.2) is 133 Å². The van der Waals surface area contributed by atoms with Crippen LogP contribution in [0.1, 0.15) is 40.3 Å². The van der Waals surface area contributed by atoms with E-state index in [1.54, 1.807) is 84.9 Å². The Bertz CT molecular complexity index is 1780. The molecule has 10 heteroatoms.